The first-order valence-electron chi connectivity index (χ1n) is 6.96. The molecule has 0 heterocycles. The van der Waals surface area contributed by atoms with E-state index in [1.807, 2.05) is 13.8 Å². The maximum absolute atomic E-state index is 11.4. The Morgan fingerprint density at radius 1 is 1.45 bits per heavy atom. The smallest absolute Gasteiger partial charge is 0.293 e. The minimum Gasteiger partial charge on any atom is -0.363 e. The first kappa shape index (κ1) is 14.5. The molecule has 0 bridgehead atoms. The fourth-order valence-corrected chi connectivity index (χ4v) is 2.30. The van der Waals surface area contributed by atoms with E-state index in [2.05, 4.69) is 4.90 Å². The van der Waals surface area contributed by atoms with E-state index in [0.29, 0.717) is 17.2 Å². The summed E-state index contributed by atoms with van der Waals surface area (Å²) in [5.41, 5.74) is 1.02. The molecule has 0 aromatic heterocycles. The summed E-state index contributed by atoms with van der Waals surface area (Å²) in [4.78, 5) is 24.3. The van der Waals surface area contributed by atoms with Crippen molar-refractivity contribution in [2.24, 2.45) is 5.92 Å². The Balaban J connectivity index is 2.41. The Bertz CT molecular complexity index is 536. The van der Waals surface area contributed by atoms with Crippen molar-refractivity contribution >= 4 is 17.2 Å². The minimum atomic E-state index is -0.399. The summed E-state index contributed by atoms with van der Waals surface area (Å²) in [6.45, 7) is 6.33. The van der Waals surface area contributed by atoms with Crippen molar-refractivity contribution in [3.63, 3.8) is 0 Å². The lowest BCUT2D eigenvalue weighted by atomic mass is 10.1. The van der Waals surface area contributed by atoms with Crippen molar-refractivity contribution in [3.8, 4) is 0 Å². The average molecular weight is 276 g/mol. The van der Waals surface area contributed by atoms with E-state index in [0.717, 1.165) is 6.54 Å². The summed E-state index contributed by atoms with van der Waals surface area (Å²) in [6.07, 6.45) is 2.39. The molecular weight excluding hydrogens is 256 g/mol. The third-order valence-corrected chi connectivity index (χ3v) is 3.66. The Hall–Kier alpha value is -1.91. The van der Waals surface area contributed by atoms with E-state index < -0.39 is 4.92 Å². The van der Waals surface area contributed by atoms with Crippen LogP contribution in [0.25, 0.3) is 0 Å². The first-order valence-corrected chi connectivity index (χ1v) is 6.96. The van der Waals surface area contributed by atoms with Crippen molar-refractivity contribution in [2.75, 3.05) is 11.4 Å². The maximum Gasteiger partial charge on any atom is 0.293 e. The number of carbonyl (C=O) groups excluding carboxylic acids is 1. The molecule has 2 rings (SSSR count). The molecule has 1 aliphatic carbocycles. The molecular formula is C15H20N2O3. The Kier molecular flexibility index (Phi) is 4.06. The SMILES string of the molecule is CC(=O)c1ccc(N(CC2CC2)C(C)C)c([N+](=O)[O-])c1. The van der Waals surface area contributed by atoms with Crippen molar-refractivity contribution in [1.82, 2.24) is 0 Å². The van der Waals surface area contributed by atoms with Gasteiger partial charge in [0.2, 0.25) is 0 Å². The van der Waals surface area contributed by atoms with Crippen LogP contribution in [0.15, 0.2) is 18.2 Å². The zero-order valence-electron chi connectivity index (χ0n) is 12.1. The molecule has 0 saturated heterocycles. The predicted octanol–water partition coefficient (Wildman–Crippen LogP) is 3.42. The summed E-state index contributed by atoms with van der Waals surface area (Å²) in [7, 11) is 0. The van der Waals surface area contributed by atoms with Crippen LogP contribution in [-0.4, -0.2) is 23.3 Å². The molecule has 1 aliphatic rings. The van der Waals surface area contributed by atoms with Gasteiger partial charge in [0.25, 0.3) is 5.69 Å². The minimum absolute atomic E-state index is 0.0204. The third kappa shape index (κ3) is 3.15. The molecule has 0 atom stereocenters. The topological polar surface area (TPSA) is 63.5 Å². The molecule has 20 heavy (non-hydrogen) atoms. The molecule has 108 valence electrons. The molecule has 0 unspecified atom stereocenters. The fraction of sp³-hybridized carbons (Fsp3) is 0.533. The van der Waals surface area contributed by atoms with E-state index in [9.17, 15) is 14.9 Å². The summed E-state index contributed by atoms with van der Waals surface area (Å²) < 4.78 is 0. The van der Waals surface area contributed by atoms with Crippen LogP contribution in [0.5, 0.6) is 0 Å². The number of ketones is 1. The number of nitro benzene ring substituents is 1. The lowest BCUT2D eigenvalue weighted by Crippen LogP contribution is -2.33. The van der Waals surface area contributed by atoms with Crippen molar-refractivity contribution in [3.05, 3.63) is 33.9 Å². The Morgan fingerprint density at radius 3 is 2.55 bits per heavy atom. The number of benzene rings is 1. The average Bonchev–Trinajstić information content (AvgIpc) is 3.18. The van der Waals surface area contributed by atoms with Crippen LogP contribution in [0.3, 0.4) is 0 Å². The highest BCUT2D eigenvalue weighted by molar-refractivity contribution is 5.95. The highest BCUT2D eigenvalue weighted by atomic mass is 16.6. The second-order valence-electron chi connectivity index (χ2n) is 5.71. The van der Waals surface area contributed by atoms with Crippen molar-refractivity contribution in [2.45, 2.75) is 39.7 Å². The molecule has 1 fully saturated rings. The number of rotatable bonds is 6. The number of hydrogen-bond acceptors (Lipinski definition) is 4. The van der Waals surface area contributed by atoms with Crippen LogP contribution in [0.1, 0.15) is 44.0 Å². The number of carbonyl (C=O) groups is 1. The van der Waals surface area contributed by atoms with Gasteiger partial charge < -0.3 is 4.90 Å². The van der Waals surface area contributed by atoms with Crippen LogP contribution in [0.4, 0.5) is 11.4 Å². The molecule has 5 nitrogen and oxygen atoms in total. The van der Waals surface area contributed by atoms with Gasteiger partial charge in [-0.2, -0.15) is 0 Å². The van der Waals surface area contributed by atoms with Gasteiger partial charge in [0.15, 0.2) is 5.78 Å². The van der Waals surface area contributed by atoms with Crippen LogP contribution in [0.2, 0.25) is 0 Å². The zero-order chi connectivity index (χ0) is 14.9. The molecule has 0 amide bonds. The predicted molar refractivity (Wildman–Crippen MR) is 78.3 cm³/mol. The molecule has 0 spiro atoms. The Labute approximate surface area is 118 Å². The lowest BCUT2D eigenvalue weighted by Gasteiger charge is -2.28. The molecule has 1 saturated carbocycles. The van der Waals surface area contributed by atoms with Gasteiger partial charge >= 0.3 is 0 Å². The standard InChI is InChI=1S/C15H20N2O3/c1-10(2)16(9-12-4-5-12)14-7-6-13(11(3)18)8-15(14)17(19)20/h6-8,10,12H,4-5,9H2,1-3H3. The molecule has 0 aliphatic heterocycles. The normalized spacial score (nSPS) is 14.4. The zero-order valence-corrected chi connectivity index (χ0v) is 12.1. The molecule has 0 radical (unpaired) electrons. The van der Waals surface area contributed by atoms with Gasteiger partial charge in [-0.1, -0.05) is 0 Å². The number of nitro groups is 1. The maximum atomic E-state index is 11.4. The number of hydrogen-bond donors (Lipinski definition) is 0. The quantitative estimate of drug-likeness (QED) is 0.453. The second kappa shape index (κ2) is 5.61. The Morgan fingerprint density at radius 2 is 2.10 bits per heavy atom. The lowest BCUT2D eigenvalue weighted by molar-refractivity contribution is -0.384. The summed E-state index contributed by atoms with van der Waals surface area (Å²) in [6, 6.07) is 4.96. The molecule has 1 aromatic rings. The van der Waals surface area contributed by atoms with E-state index in [-0.39, 0.29) is 17.5 Å². The summed E-state index contributed by atoms with van der Waals surface area (Å²) in [5.74, 6) is 0.488. The van der Waals surface area contributed by atoms with Crippen LogP contribution in [0, 0.1) is 16.0 Å². The van der Waals surface area contributed by atoms with Gasteiger partial charge in [0.05, 0.1) is 4.92 Å². The van der Waals surface area contributed by atoms with Crippen molar-refractivity contribution in [1.29, 1.82) is 0 Å². The fourth-order valence-electron chi connectivity index (χ4n) is 2.30. The monoisotopic (exact) mass is 276 g/mol. The molecule has 5 heteroatoms. The summed E-state index contributed by atoms with van der Waals surface area (Å²) >= 11 is 0. The second-order valence-corrected chi connectivity index (χ2v) is 5.71. The number of anilines is 1. The van der Waals surface area contributed by atoms with Gasteiger partial charge in [0, 0.05) is 24.2 Å². The first-order chi connectivity index (χ1) is 9.40. The van der Waals surface area contributed by atoms with Crippen LogP contribution in [-0.2, 0) is 0 Å². The summed E-state index contributed by atoms with van der Waals surface area (Å²) in [5, 5.41) is 11.3. The van der Waals surface area contributed by atoms with Crippen LogP contribution >= 0.6 is 0 Å². The molecule has 0 N–H and O–H groups in total. The van der Waals surface area contributed by atoms with Crippen LogP contribution < -0.4 is 4.90 Å². The molecule has 1 aromatic carbocycles. The number of Topliss-reactive ketones (excluding diaryl/α,β-unsaturated/α-hetero) is 1. The van der Waals surface area contributed by atoms with Gasteiger partial charge in [-0.3, -0.25) is 14.9 Å². The van der Waals surface area contributed by atoms with Gasteiger partial charge in [0.1, 0.15) is 5.69 Å². The largest absolute Gasteiger partial charge is 0.363 e. The highest BCUT2D eigenvalue weighted by Gasteiger charge is 2.29. The van der Waals surface area contributed by atoms with E-state index in [1.165, 1.54) is 25.8 Å². The highest BCUT2D eigenvalue weighted by Crippen LogP contribution is 2.36. The van der Waals surface area contributed by atoms with E-state index in [1.54, 1.807) is 12.1 Å². The van der Waals surface area contributed by atoms with Gasteiger partial charge in [-0.05, 0) is 51.7 Å². The van der Waals surface area contributed by atoms with Gasteiger partial charge in [-0.15, -0.1) is 0 Å². The number of nitrogens with zero attached hydrogens (tertiary/aromatic N) is 2. The van der Waals surface area contributed by atoms with E-state index in [4.69, 9.17) is 0 Å². The van der Waals surface area contributed by atoms with Crippen molar-refractivity contribution < 1.29 is 9.72 Å². The third-order valence-electron chi connectivity index (χ3n) is 3.66. The van der Waals surface area contributed by atoms with E-state index >= 15 is 0 Å². The van der Waals surface area contributed by atoms with Gasteiger partial charge in [-0.25, -0.2) is 0 Å².